The van der Waals surface area contributed by atoms with Crippen LogP contribution < -0.4 is 10.7 Å². The van der Waals surface area contributed by atoms with Crippen molar-refractivity contribution < 1.29 is 4.79 Å². The Kier molecular flexibility index (Phi) is 4.35. The summed E-state index contributed by atoms with van der Waals surface area (Å²) in [6.45, 7) is 1.80. The summed E-state index contributed by atoms with van der Waals surface area (Å²) in [5.41, 5.74) is 1.71. The van der Waals surface area contributed by atoms with Crippen molar-refractivity contribution in [3.63, 3.8) is 0 Å². The number of nitrogens with one attached hydrogen (secondary N) is 1. The van der Waals surface area contributed by atoms with Crippen LogP contribution in [0.15, 0.2) is 47.4 Å². The fourth-order valence-corrected chi connectivity index (χ4v) is 2.91. The van der Waals surface area contributed by atoms with Crippen LogP contribution in [0, 0.1) is 6.92 Å². The Hall–Kier alpha value is -2.30. The molecule has 3 aromatic rings. The summed E-state index contributed by atoms with van der Waals surface area (Å²) in [7, 11) is 1.77. The maximum atomic E-state index is 12.7. The molecule has 0 atom stereocenters. The molecule has 4 nitrogen and oxygen atoms in total. The number of pyridine rings is 1. The molecule has 6 heteroatoms. The van der Waals surface area contributed by atoms with Gasteiger partial charge in [-0.15, -0.1) is 0 Å². The number of nitrogens with zero attached hydrogens (tertiary/aromatic N) is 1. The molecule has 3 rings (SSSR count). The predicted octanol–water partition coefficient (Wildman–Crippen LogP) is 4.41. The number of hydrogen-bond donors (Lipinski definition) is 1. The van der Waals surface area contributed by atoms with E-state index in [0.29, 0.717) is 26.6 Å². The minimum absolute atomic E-state index is 0.0478. The van der Waals surface area contributed by atoms with E-state index in [1.165, 1.54) is 6.20 Å². The van der Waals surface area contributed by atoms with Gasteiger partial charge in [0.05, 0.1) is 5.52 Å². The molecule has 1 heterocycles. The Balaban J connectivity index is 2.09. The number of halogens is 2. The molecule has 122 valence electrons. The van der Waals surface area contributed by atoms with Crippen LogP contribution in [0.1, 0.15) is 15.9 Å². The van der Waals surface area contributed by atoms with Gasteiger partial charge in [0.1, 0.15) is 5.56 Å². The van der Waals surface area contributed by atoms with Crippen molar-refractivity contribution in [1.82, 2.24) is 4.57 Å². The first kappa shape index (κ1) is 16.6. The van der Waals surface area contributed by atoms with E-state index in [0.717, 1.165) is 5.56 Å². The van der Waals surface area contributed by atoms with E-state index >= 15 is 0 Å². The summed E-state index contributed by atoms with van der Waals surface area (Å²) in [4.78, 5) is 25.2. The van der Waals surface area contributed by atoms with Crippen LogP contribution in [0.5, 0.6) is 0 Å². The summed E-state index contributed by atoms with van der Waals surface area (Å²) in [6.07, 6.45) is 1.52. The first-order valence-electron chi connectivity index (χ1n) is 7.24. The molecule has 2 aromatic carbocycles. The maximum Gasteiger partial charge on any atom is 0.261 e. The molecule has 0 aliphatic carbocycles. The van der Waals surface area contributed by atoms with Crippen molar-refractivity contribution in [3.8, 4) is 0 Å². The zero-order valence-electron chi connectivity index (χ0n) is 13.1. The Morgan fingerprint density at radius 1 is 1.17 bits per heavy atom. The number of aryl methyl sites for hydroxylation is 1. The zero-order valence-corrected chi connectivity index (χ0v) is 14.6. The van der Waals surface area contributed by atoms with Crippen molar-refractivity contribution in [1.29, 1.82) is 0 Å². The van der Waals surface area contributed by atoms with Gasteiger partial charge in [-0.3, -0.25) is 9.59 Å². The summed E-state index contributed by atoms with van der Waals surface area (Å²) < 4.78 is 1.73. The van der Waals surface area contributed by atoms with E-state index in [1.807, 2.05) is 0 Å². The highest BCUT2D eigenvalue weighted by Crippen LogP contribution is 2.23. The van der Waals surface area contributed by atoms with Gasteiger partial charge < -0.3 is 9.88 Å². The Morgan fingerprint density at radius 3 is 2.67 bits per heavy atom. The van der Waals surface area contributed by atoms with E-state index in [-0.39, 0.29) is 11.0 Å². The third-order valence-electron chi connectivity index (χ3n) is 3.91. The fourth-order valence-electron chi connectivity index (χ4n) is 2.56. The first-order valence-corrected chi connectivity index (χ1v) is 7.99. The molecule has 1 N–H and O–H groups in total. The summed E-state index contributed by atoms with van der Waals surface area (Å²) in [5, 5.41) is 4.14. The number of benzene rings is 2. The predicted molar refractivity (Wildman–Crippen MR) is 98.3 cm³/mol. The number of rotatable bonds is 2. The van der Waals surface area contributed by atoms with Crippen molar-refractivity contribution in [2.24, 2.45) is 7.05 Å². The van der Waals surface area contributed by atoms with Gasteiger partial charge in [0.25, 0.3) is 5.91 Å². The minimum atomic E-state index is -0.483. The van der Waals surface area contributed by atoms with Gasteiger partial charge in [-0.1, -0.05) is 29.3 Å². The zero-order chi connectivity index (χ0) is 17.4. The lowest BCUT2D eigenvalue weighted by Gasteiger charge is -2.12. The van der Waals surface area contributed by atoms with Gasteiger partial charge in [0, 0.05) is 34.4 Å². The first-order chi connectivity index (χ1) is 11.4. The molecular formula is C18H14Cl2N2O2. The van der Waals surface area contributed by atoms with E-state index in [4.69, 9.17) is 23.2 Å². The highest BCUT2D eigenvalue weighted by Gasteiger charge is 2.16. The number of aromatic nitrogens is 1. The average molecular weight is 361 g/mol. The second-order valence-electron chi connectivity index (χ2n) is 5.51. The van der Waals surface area contributed by atoms with E-state index < -0.39 is 5.91 Å². The fraction of sp³-hybridized carbons (Fsp3) is 0.111. The van der Waals surface area contributed by atoms with Gasteiger partial charge in [-0.2, -0.15) is 0 Å². The number of fused-ring (bicyclic) bond motifs is 1. The van der Waals surface area contributed by atoms with E-state index in [2.05, 4.69) is 5.32 Å². The smallest absolute Gasteiger partial charge is 0.261 e. The van der Waals surface area contributed by atoms with Crippen LogP contribution >= 0.6 is 23.2 Å². The summed E-state index contributed by atoms with van der Waals surface area (Å²) in [5.74, 6) is -0.483. The number of carbonyl (C=O) groups is 1. The minimum Gasteiger partial charge on any atom is -0.350 e. The molecule has 0 radical (unpaired) electrons. The van der Waals surface area contributed by atoms with Crippen molar-refractivity contribution in [2.75, 3.05) is 5.32 Å². The molecule has 0 unspecified atom stereocenters. The number of carbonyl (C=O) groups excluding carboxylic acids is 1. The molecular weight excluding hydrogens is 347 g/mol. The van der Waals surface area contributed by atoms with Gasteiger partial charge in [-0.25, -0.2) is 0 Å². The monoisotopic (exact) mass is 360 g/mol. The Bertz CT molecular complexity index is 1030. The number of anilines is 1. The largest absolute Gasteiger partial charge is 0.350 e. The van der Waals surface area contributed by atoms with Crippen LogP contribution in [-0.2, 0) is 7.05 Å². The van der Waals surface area contributed by atoms with Crippen LogP contribution in [-0.4, -0.2) is 10.5 Å². The third-order valence-corrected chi connectivity index (χ3v) is 4.56. The SMILES string of the molecule is Cc1c(Cl)cccc1NC(=O)c1cn(C)c2ccc(Cl)cc2c1=O. The molecule has 0 aliphatic rings. The second kappa shape index (κ2) is 6.30. The van der Waals surface area contributed by atoms with Crippen LogP contribution in [0.4, 0.5) is 5.69 Å². The molecule has 24 heavy (non-hydrogen) atoms. The summed E-state index contributed by atoms with van der Waals surface area (Å²) >= 11 is 12.0. The van der Waals surface area contributed by atoms with Crippen molar-refractivity contribution >= 4 is 45.7 Å². The maximum absolute atomic E-state index is 12.7. The highest BCUT2D eigenvalue weighted by atomic mass is 35.5. The van der Waals surface area contributed by atoms with Gasteiger partial charge in [-0.05, 0) is 42.8 Å². The number of hydrogen-bond acceptors (Lipinski definition) is 2. The van der Waals surface area contributed by atoms with Crippen LogP contribution in [0.3, 0.4) is 0 Å². The Morgan fingerprint density at radius 2 is 1.92 bits per heavy atom. The van der Waals surface area contributed by atoms with Crippen LogP contribution in [0.25, 0.3) is 10.9 Å². The molecule has 1 aromatic heterocycles. The molecule has 1 amide bonds. The van der Waals surface area contributed by atoms with Gasteiger partial charge in [0.2, 0.25) is 5.43 Å². The van der Waals surface area contributed by atoms with E-state index in [1.54, 1.807) is 54.9 Å². The number of amides is 1. The quantitative estimate of drug-likeness (QED) is 0.735. The standard InChI is InChI=1S/C18H14Cl2N2O2/c1-10-14(20)4-3-5-15(10)21-18(24)13-9-22(2)16-7-6-11(19)8-12(16)17(13)23/h3-9H,1-2H3,(H,21,24). The Labute approximate surface area is 148 Å². The molecule has 0 aliphatic heterocycles. The highest BCUT2D eigenvalue weighted by molar-refractivity contribution is 6.32. The van der Waals surface area contributed by atoms with E-state index in [9.17, 15) is 9.59 Å². The molecule has 0 spiro atoms. The molecule has 0 saturated heterocycles. The van der Waals surface area contributed by atoms with Crippen molar-refractivity contribution in [3.05, 3.63) is 74.0 Å². The van der Waals surface area contributed by atoms with Crippen molar-refractivity contribution in [2.45, 2.75) is 6.92 Å². The summed E-state index contributed by atoms with van der Waals surface area (Å²) in [6, 6.07) is 10.2. The molecule has 0 fully saturated rings. The molecule has 0 saturated carbocycles. The topological polar surface area (TPSA) is 51.1 Å². The average Bonchev–Trinajstić information content (AvgIpc) is 2.55. The van der Waals surface area contributed by atoms with Gasteiger partial charge >= 0.3 is 0 Å². The lowest BCUT2D eigenvalue weighted by Crippen LogP contribution is -2.23. The lowest BCUT2D eigenvalue weighted by molar-refractivity contribution is 0.102. The normalized spacial score (nSPS) is 10.8. The molecule has 0 bridgehead atoms. The van der Waals surface area contributed by atoms with Gasteiger partial charge in [0.15, 0.2) is 0 Å². The lowest BCUT2D eigenvalue weighted by atomic mass is 10.1. The second-order valence-corrected chi connectivity index (χ2v) is 6.35. The van der Waals surface area contributed by atoms with Crippen LogP contribution in [0.2, 0.25) is 10.0 Å². The third kappa shape index (κ3) is 2.90.